The van der Waals surface area contributed by atoms with Crippen LogP contribution in [0.5, 0.6) is 0 Å². The Morgan fingerprint density at radius 2 is 1.59 bits per heavy atom. The highest BCUT2D eigenvalue weighted by Crippen LogP contribution is 2.27. The second kappa shape index (κ2) is 7.11. The summed E-state index contributed by atoms with van der Waals surface area (Å²) in [6, 6.07) is 22.1. The zero-order valence-corrected chi connectivity index (χ0v) is 16.5. The van der Waals surface area contributed by atoms with Gasteiger partial charge in [-0.3, -0.25) is 4.40 Å². The molecule has 0 radical (unpaired) electrons. The first-order chi connectivity index (χ1) is 14.2. The first kappa shape index (κ1) is 17.5. The number of hydrogen-bond acceptors (Lipinski definition) is 3. The van der Waals surface area contributed by atoms with Crippen LogP contribution in [0.25, 0.3) is 33.8 Å². The summed E-state index contributed by atoms with van der Waals surface area (Å²) in [5, 5.41) is 8.36. The minimum absolute atomic E-state index is 0.705. The Morgan fingerprint density at radius 3 is 2.34 bits per heavy atom. The molecule has 142 valence electrons. The molecule has 0 unspecified atom stereocenters. The van der Waals surface area contributed by atoms with Crippen molar-refractivity contribution in [3.8, 4) is 28.2 Å². The highest BCUT2D eigenvalue weighted by molar-refractivity contribution is 6.30. The van der Waals surface area contributed by atoms with E-state index in [9.17, 15) is 0 Å². The lowest BCUT2D eigenvalue weighted by atomic mass is 10.1. The first-order valence-corrected chi connectivity index (χ1v) is 9.66. The van der Waals surface area contributed by atoms with Crippen molar-refractivity contribution in [2.45, 2.75) is 0 Å². The Balaban J connectivity index is 1.61. The smallest absolute Gasteiger partial charge is 0.137 e. The Kier molecular flexibility index (Phi) is 4.30. The Morgan fingerprint density at radius 1 is 0.828 bits per heavy atom. The van der Waals surface area contributed by atoms with Gasteiger partial charge in [-0.1, -0.05) is 23.7 Å². The van der Waals surface area contributed by atoms with Gasteiger partial charge in [0.05, 0.1) is 29.5 Å². The van der Waals surface area contributed by atoms with E-state index in [1.165, 1.54) is 0 Å². The van der Waals surface area contributed by atoms with Crippen LogP contribution in [0.1, 0.15) is 0 Å². The molecular formula is C23H18ClN5. The average molecular weight is 400 g/mol. The second-order valence-corrected chi connectivity index (χ2v) is 7.16. The van der Waals surface area contributed by atoms with Gasteiger partial charge in [-0.15, -0.1) is 0 Å². The number of nitrogens with zero attached hydrogens (tertiary/aromatic N) is 4. The highest BCUT2D eigenvalue weighted by Gasteiger charge is 2.11. The summed E-state index contributed by atoms with van der Waals surface area (Å²) in [5.41, 5.74) is 7.15. The molecule has 0 aliphatic heterocycles. The van der Waals surface area contributed by atoms with Gasteiger partial charge in [-0.2, -0.15) is 5.10 Å². The maximum absolute atomic E-state index is 6.03. The second-order valence-electron chi connectivity index (χ2n) is 6.72. The van der Waals surface area contributed by atoms with Crippen LogP contribution in [0.4, 0.5) is 5.69 Å². The fourth-order valence-electron chi connectivity index (χ4n) is 3.46. The SMILES string of the molecule is CNc1ccc(-c2cnc3ccc(-c4ccnn4-c4ccc(Cl)cc4)cn23)cc1. The summed E-state index contributed by atoms with van der Waals surface area (Å²) >= 11 is 6.03. The third kappa shape index (κ3) is 3.15. The molecular weight excluding hydrogens is 382 g/mol. The number of hydrogen-bond donors (Lipinski definition) is 1. The van der Waals surface area contributed by atoms with Crippen molar-refractivity contribution in [2.24, 2.45) is 0 Å². The van der Waals surface area contributed by atoms with Crippen molar-refractivity contribution >= 4 is 22.9 Å². The summed E-state index contributed by atoms with van der Waals surface area (Å²) in [6.45, 7) is 0. The lowest BCUT2D eigenvalue weighted by Crippen LogP contribution is -1.99. The van der Waals surface area contributed by atoms with Crippen molar-refractivity contribution < 1.29 is 0 Å². The molecule has 6 heteroatoms. The molecule has 0 aliphatic rings. The van der Waals surface area contributed by atoms with E-state index in [1.54, 1.807) is 6.20 Å². The third-order valence-electron chi connectivity index (χ3n) is 4.98. The van der Waals surface area contributed by atoms with Gasteiger partial charge in [0.1, 0.15) is 5.65 Å². The molecule has 5 aromatic rings. The molecule has 0 saturated carbocycles. The zero-order valence-electron chi connectivity index (χ0n) is 15.7. The number of fused-ring (bicyclic) bond motifs is 1. The van der Waals surface area contributed by atoms with Gasteiger partial charge in [-0.25, -0.2) is 9.67 Å². The first-order valence-electron chi connectivity index (χ1n) is 9.28. The van der Waals surface area contributed by atoms with E-state index in [2.05, 4.69) is 56.3 Å². The molecule has 29 heavy (non-hydrogen) atoms. The number of rotatable bonds is 4. The molecule has 0 bridgehead atoms. The van der Waals surface area contributed by atoms with Gasteiger partial charge in [0.15, 0.2) is 0 Å². The molecule has 3 heterocycles. The normalized spacial score (nSPS) is 11.1. The fraction of sp³-hybridized carbons (Fsp3) is 0.0435. The van der Waals surface area contributed by atoms with Gasteiger partial charge in [0, 0.05) is 35.1 Å². The van der Waals surface area contributed by atoms with E-state index in [0.717, 1.165) is 39.5 Å². The Labute approximate surface area is 173 Å². The molecule has 1 N–H and O–H groups in total. The van der Waals surface area contributed by atoms with Crippen molar-refractivity contribution in [3.63, 3.8) is 0 Å². The van der Waals surface area contributed by atoms with Crippen LogP contribution in [0, 0.1) is 0 Å². The summed E-state index contributed by atoms with van der Waals surface area (Å²) in [5.74, 6) is 0. The standard InChI is InChI=1S/C23H18ClN5/c1-25-19-7-2-16(3-8-19)22-14-26-23-11-4-17(15-28(22)23)21-12-13-27-29(21)20-9-5-18(24)6-10-20/h2-15,25H,1H3. The van der Waals surface area contributed by atoms with Crippen LogP contribution in [0.15, 0.2) is 85.3 Å². The number of nitrogens with one attached hydrogen (secondary N) is 1. The molecule has 5 rings (SSSR count). The average Bonchev–Trinajstić information content (AvgIpc) is 3.41. The van der Waals surface area contributed by atoms with Crippen LogP contribution in [-0.2, 0) is 0 Å². The molecule has 0 spiro atoms. The Bertz CT molecular complexity index is 1280. The van der Waals surface area contributed by atoms with E-state index in [0.29, 0.717) is 5.02 Å². The minimum atomic E-state index is 0.705. The molecule has 0 saturated heterocycles. The number of halogens is 1. The largest absolute Gasteiger partial charge is 0.388 e. The predicted octanol–water partition coefficient (Wildman–Crippen LogP) is 5.55. The molecule has 0 atom stereocenters. The maximum atomic E-state index is 6.03. The quantitative estimate of drug-likeness (QED) is 0.431. The van der Waals surface area contributed by atoms with Gasteiger partial charge < -0.3 is 5.32 Å². The summed E-state index contributed by atoms with van der Waals surface area (Å²) < 4.78 is 4.03. The molecule has 3 aromatic heterocycles. The van der Waals surface area contributed by atoms with Crippen LogP contribution < -0.4 is 5.32 Å². The van der Waals surface area contributed by atoms with E-state index in [4.69, 9.17) is 11.6 Å². The van der Waals surface area contributed by atoms with Crippen LogP contribution in [0.3, 0.4) is 0 Å². The van der Waals surface area contributed by atoms with Crippen LogP contribution in [-0.4, -0.2) is 26.2 Å². The molecule has 0 fully saturated rings. The van der Waals surface area contributed by atoms with E-state index in [-0.39, 0.29) is 0 Å². The van der Waals surface area contributed by atoms with Crippen molar-refractivity contribution in [3.05, 3.63) is 90.3 Å². The number of pyridine rings is 1. The van der Waals surface area contributed by atoms with E-state index < -0.39 is 0 Å². The fourth-order valence-corrected chi connectivity index (χ4v) is 3.59. The topological polar surface area (TPSA) is 47.2 Å². The monoisotopic (exact) mass is 399 g/mol. The van der Waals surface area contributed by atoms with Crippen LogP contribution in [0.2, 0.25) is 5.02 Å². The number of aromatic nitrogens is 4. The van der Waals surface area contributed by atoms with E-state index >= 15 is 0 Å². The van der Waals surface area contributed by atoms with Crippen molar-refractivity contribution in [1.82, 2.24) is 19.2 Å². The van der Waals surface area contributed by atoms with Gasteiger partial charge >= 0.3 is 0 Å². The summed E-state index contributed by atoms with van der Waals surface area (Å²) in [4.78, 5) is 4.56. The highest BCUT2D eigenvalue weighted by atomic mass is 35.5. The molecule has 0 amide bonds. The minimum Gasteiger partial charge on any atom is -0.388 e. The molecule has 2 aromatic carbocycles. The maximum Gasteiger partial charge on any atom is 0.137 e. The number of imidazole rings is 1. The van der Waals surface area contributed by atoms with Crippen molar-refractivity contribution in [1.29, 1.82) is 0 Å². The lowest BCUT2D eigenvalue weighted by molar-refractivity contribution is 0.887. The van der Waals surface area contributed by atoms with Gasteiger partial charge in [0.25, 0.3) is 0 Å². The summed E-state index contributed by atoms with van der Waals surface area (Å²) in [7, 11) is 1.92. The predicted molar refractivity (Wildman–Crippen MR) is 118 cm³/mol. The van der Waals surface area contributed by atoms with Crippen LogP contribution >= 0.6 is 11.6 Å². The Hall–Kier alpha value is -3.57. The number of benzene rings is 2. The molecule has 0 aliphatic carbocycles. The van der Waals surface area contributed by atoms with Gasteiger partial charge in [0.2, 0.25) is 0 Å². The third-order valence-corrected chi connectivity index (χ3v) is 5.24. The van der Waals surface area contributed by atoms with Crippen molar-refractivity contribution in [2.75, 3.05) is 12.4 Å². The molecule has 5 nitrogen and oxygen atoms in total. The van der Waals surface area contributed by atoms with Gasteiger partial charge in [-0.05, 0) is 54.6 Å². The van der Waals surface area contributed by atoms with E-state index in [1.807, 2.05) is 54.3 Å². The zero-order chi connectivity index (χ0) is 19.8. The number of anilines is 1. The summed E-state index contributed by atoms with van der Waals surface area (Å²) in [6.07, 6.45) is 5.82. The lowest BCUT2D eigenvalue weighted by Gasteiger charge is -2.10.